The number of aryl methyl sites for hydroxylation is 1. The molecule has 148 valence electrons. The Morgan fingerprint density at radius 2 is 1.59 bits per heavy atom. The first-order chi connectivity index (χ1) is 12.0. The van der Waals surface area contributed by atoms with Gasteiger partial charge in [-0.3, -0.25) is 9.10 Å². The van der Waals surface area contributed by atoms with Crippen molar-refractivity contribution in [3.05, 3.63) is 59.7 Å². The molecule has 0 unspecified atom stereocenters. The predicted molar refractivity (Wildman–Crippen MR) is 111 cm³/mol. The molecule has 0 aliphatic carbocycles. The maximum atomic E-state index is 12.7. The number of carbonyl (C=O) groups excluding carboxylic acids is 1. The molecule has 8 heteroatoms. The summed E-state index contributed by atoms with van der Waals surface area (Å²) in [6.07, 6.45) is 0. The molecule has 0 heterocycles. The Balaban J connectivity index is 0.00000364. The lowest BCUT2D eigenvalue weighted by Gasteiger charge is -2.20. The normalized spacial score (nSPS) is 11.4. The molecule has 0 aromatic heterocycles. The Labute approximate surface area is 167 Å². The van der Waals surface area contributed by atoms with Crippen LogP contribution in [-0.2, 0) is 10.0 Å². The third kappa shape index (κ3) is 5.95. The van der Waals surface area contributed by atoms with Gasteiger partial charge in [0.25, 0.3) is 15.9 Å². The van der Waals surface area contributed by atoms with Crippen LogP contribution in [-0.4, -0.2) is 33.5 Å². The molecular formula is C19H26ClN3O3S. The van der Waals surface area contributed by atoms with Crippen LogP contribution in [0.1, 0.15) is 29.8 Å². The molecule has 0 aliphatic heterocycles. The van der Waals surface area contributed by atoms with E-state index in [-0.39, 0.29) is 23.2 Å². The van der Waals surface area contributed by atoms with E-state index in [4.69, 9.17) is 5.73 Å². The average molecular weight is 412 g/mol. The minimum absolute atomic E-state index is 0. The number of nitrogens with zero attached hydrogens (tertiary/aromatic N) is 1. The number of hydrogen-bond acceptors (Lipinski definition) is 4. The van der Waals surface area contributed by atoms with Gasteiger partial charge < -0.3 is 11.1 Å². The van der Waals surface area contributed by atoms with Gasteiger partial charge in [0.05, 0.1) is 10.6 Å². The highest BCUT2D eigenvalue weighted by molar-refractivity contribution is 7.92. The summed E-state index contributed by atoms with van der Waals surface area (Å²) < 4.78 is 26.6. The highest BCUT2D eigenvalue weighted by Crippen LogP contribution is 2.22. The topological polar surface area (TPSA) is 92.5 Å². The van der Waals surface area contributed by atoms with Gasteiger partial charge in [-0.1, -0.05) is 17.7 Å². The molecule has 0 bridgehead atoms. The summed E-state index contributed by atoms with van der Waals surface area (Å²) in [5, 5.41) is 2.75. The molecule has 2 aromatic carbocycles. The van der Waals surface area contributed by atoms with Crippen LogP contribution in [0.25, 0.3) is 0 Å². The van der Waals surface area contributed by atoms with Crippen molar-refractivity contribution in [3.63, 3.8) is 0 Å². The number of halogens is 1. The largest absolute Gasteiger partial charge is 0.350 e. The second-order valence-electron chi connectivity index (χ2n) is 7.00. The van der Waals surface area contributed by atoms with E-state index in [2.05, 4.69) is 5.32 Å². The van der Waals surface area contributed by atoms with E-state index >= 15 is 0 Å². The van der Waals surface area contributed by atoms with Crippen molar-refractivity contribution in [1.29, 1.82) is 0 Å². The third-order valence-electron chi connectivity index (χ3n) is 3.88. The summed E-state index contributed by atoms with van der Waals surface area (Å²) in [5.41, 5.74) is 7.25. The third-order valence-corrected chi connectivity index (χ3v) is 5.68. The number of nitrogens with two attached hydrogens (primary N) is 1. The van der Waals surface area contributed by atoms with Crippen LogP contribution in [0.5, 0.6) is 0 Å². The molecule has 1 amide bonds. The summed E-state index contributed by atoms with van der Waals surface area (Å²) in [4.78, 5) is 12.3. The van der Waals surface area contributed by atoms with Crippen LogP contribution in [0.3, 0.4) is 0 Å². The molecule has 0 aliphatic rings. The fraction of sp³-hybridized carbons (Fsp3) is 0.316. The van der Waals surface area contributed by atoms with Crippen molar-refractivity contribution in [1.82, 2.24) is 5.32 Å². The zero-order valence-corrected chi connectivity index (χ0v) is 17.5. The van der Waals surface area contributed by atoms with Crippen molar-refractivity contribution >= 4 is 34.0 Å². The lowest BCUT2D eigenvalue weighted by molar-refractivity contribution is 0.0946. The van der Waals surface area contributed by atoms with Crippen LogP contribution in [0, 0.1) is 6.92 Å². The molecule has 0 fully saturated rings. The summed E-state index contributed by atoms with van der Waals surface area (Å²) in [6, 6.07) is 13.1. The van der Waals surface area contributed by atoms with Crippen molar-refractivity contribution in [3.8, 4) is 0 Å². The van der Waals surface area contributed by atoms with Crippen LogP contribution >= 0.6 is 12.4 Å². The first-order valence-electron chi connectivity index (χ1n) is 8.23. The number of sulfonamides is 1. The van der Waals surface area contributed by atoms with Crippen LogP contribution in [0.4, 0.5) is 5.69 Å². The maximum absolute atomic E-state index is 12.7. The lowest BCUT2D eigenvalue weighted by atomic mass is 10.1. The highest BCUT2D eigenvalue weighted by atomic mass is 35.5. The van der Waals surface area contributed by atoms with Gasteiger partial charge in [-0.2, -0.15) is 0 Å². The molecule has 0 radical (unpaired) electrons. The van der Waals surface area contributed by atoms with Crippen molar-refractivity contribution in [2.24, 2.45) is 5.73 Å². The van der Waals surface area contributed by atoms with Gasteiger partial charge in [-0.05, 0) is 57.2 Å². The van der Waals surface area contributed by atoms with E-state index in [9.17, 15) is 13.2 Å². The first-order valence-corrected chi connectivity index (χ1v) is 9.67. The summed E-state index contributed by atoms with van der Waals surface area (Å²) in [6.45, 7) is 5.88. The predicted octanol–water partition coefficient (Wildman–Crippen LogP) is 2.71. The van der Waals surface area contributed by atoms with Crippen molar-refractivity contribution in [2.45, 2.75) is 31.2 Å². The van der Waals surface area contributed by atoms with E-state index in [1.807, 2.05) is 20.8 Å². The summed E-state index contributed by atoms with van der Waals surface area (Å²) >= 11 is 0. The van der Waals surface area contributed by atoms with Crippen LogP contribution in [0.15, 0.2) is 53.4 Å². The zero-order valence-electron chi connectivity index (χ0n) is 15.9. The Morgan fingerprint density at radius 1 is 1.07 bits per heavy atom. The summed E-state index contributed by atoms with van der Waals surface area (Å²) in [7, 11) is -2.17. The fourth-order valence-corrected chi connectivity index (χ4v) is 3.44. The Bertz CT molecular complexity index is 874. The number of rotatable bonds is 6. The molecular weight excluding hydrogens is 386 g/mol. The second kappa shape index (κ2) is 8.73. The maximum Gasteiger partial charge on any atom is 0.264 e. The Hall–Kier alpha value is -2.09. The standard InChI is InChI=1S/C19H25N3O3S.ClH/c1-14-5-11-17(12-6-14)26(24,25)22(4)16-9-7-15(8-10-16)18(23)21-13-19(2,3)20;/h5-12H,13,20H2,1-4H3,(H,21,23);1H. The first kappa shape index (κ1) is 23.0. The fourth-order valence-electron chi connectivity index (χ4n) is 2.24. The van der Waals surface area contributed by atoms with Gasteiger partial charge in [0.15, 0.2) is 0 Å². The number of amides is 1. The molecule has 0 saturated carbocycles. The van der Waals surface area contributed by atoms with Crippen molar-refractivity contribution in [2.75, 3.05) is 17.9 Å². The van der Waals surface area contributed by atoms with Gasteiger partial charge in [-0.15, -0.1) is 12.4 Å². The monoisotopic (exact) mass is 411 g/mol. The number of benzene rings is 2. The smallest absolute Gasteiger partial charge is 0.264 e. The SMILES string of the molecule is Cc1ccc(S(=O)(=O)N(C)c2ccc(C(=O)NCC(C)(C)N)cc2)cc1.Cl. The number of anilines is 1. The van der Waals surface area contributed by atoms with E-state index in [0.29, 0.717) is 17.8 Å². The molecule has 0 saturated heterocycles. The number of nitrogens with one attached hydrogen (secondary N) is 1. The molecule has 0 atom stereocenters. The van der Waals surface area contributed by atoms with Crippen molar-refractivity contribution < 1.29 is 13.2 Å². The second-order valence-corrected chi connectivity index (χ2v) is 8.97. The number of hydrogen-bond donors (Lipinski definition) is 2. The lowest BCUT2D eigenvalue weighted by Crippen LogP contribution is -2.45. The molecule has 2 rings (SSSR count). The van der Waals surface area contributed by atoms with Gasteiger partial charge in [0.2, 0.25) is 0 Å². The van der Waals surface area contributed by atoms with E-state index in [0.717, 1.165) is 5.56 Å². The van der Waals surface area contributed by atoms with E-state index < -0.39 is 15.6 Å². The van der Waals surface area contributed by atoms with Gasteiger partial charge in [-0.25, -0.2) is 8.42 Å². The Morgan fingerprint density at radius 3 is 2.07 bits per heavy atom. The average Bonchev–Trinajstić information content (AvgIpc) is 2.59. The van der Waals surface area contributed by atoms with Gasteiger partial charge >= 0.3 is 0 Å². The minimum Gasteiger partial charge on any atom is -0.350 e. The Kier molecular flexibility index (Phi) is 7.42. The minimum atomic E-state index is -3.66. The number of carbonyl (C=O) groups is 1. The molecule has 0 spiro atoms. The van der Waals surface area contributed by atoms with E-state index in [1.165, 1.54) is 11.4 Å². The van der Waals surface area contributed by atoms with Gasteiger partial charge in [0.1, 0.15) is 0 Å². The zero-order chi connectivity index (χ0) is 19.5. The van der Waals surface area contributed by atoms with E-state index in [1.54, 1.807) is 48.5 Å². The molecule has 2 aromatic rings. The highest BCUT2D eigenvalue weighted by Gasteiger charge is 2.21. The summed E-state index contributed by atoms with van der Waals surface area (Å²) in [5.74, 6) is -0.251. The molecule has 6 nitrogen and oxygen atoms in total. The van der Waals surface area contributed by atoms with Crippen LogP contribution in [0.2, 0.25) is 0 Å². The van der Waals surface area contributed by atoms with Gasteiger partial charge in [0, 0.05) is 24.7 Å². The van der Waals surface area contributed by atoms with Crippen LogP contribution < -0.4 is 15.4 Å². The quantitative estimate of drug-likeness (QED) is 0.764. The molecule has 27 heavy (non-hydrogen) atoms. The molecule has 3 N–H and O–H groups in total.